The second kappa shape index (κ2) is 7.21. The zero-order chi connectivity index (χ0) is 17.9. The average Bonchev–Trinajstić information content (AvgIpc) is 2.86. The van der Waals surface area contributed by atoms with Crippen LogP contribution in [0.25, 0.3) is 0 Å². The molecule has 0 bridgehead atoms. The fraction of sp³-hybridized carbons (Fsp3) is 0.286. The number of urea groups is 1. The molecule has 6 N–H and O–H groups in total. The van der Waals surface area contributed by atoms with Crippen LogP contribution in [0, 0.1) is 0 Å². The molecule has 4 amide bonds. The topological polar surface area (TPSA) is 143 Å². The Morgan fingerprint density at radius 2 is 2.00 bits per heavy atom. The highest BCUT2D eigenvalue weighted by molar-refractivity contribution is 8.04. The first-order chi connectivity index (χ1) is 11.3. The summed E-state index contributed by atoms with van der Waals surface area (Å²) in [4.78, 5) is 40.4. The van der Waals surface area contributed by atoms with Crippen molar-refractivity contribution in [2.45, 2.75) is 12.3 Å². The maximum atomic E-state index is 11.6. The number of nitrogens with zero attached hydrogens (tertiary/aromatic N) is 2. The lowest BCUT2D eigenvalue weighted by atomic mass is 10.2. The van der Waals surface area contributed by atoms with Crippen LogP contribution in [0.5, 0.6) is 0 Å². The molecule has 1 aromatic heterocycles. The molecule has 0 fully saturated rings. The minimum absolute atomic E-state index is 0.0852. The molecule has 9 nitrogen and oxygen atoms in total. The van der Waals surface area contributed by atoms with Crippen LogP contribution in [0.1, 0.15) is 17.9 Å². The number of anilines is 1. The van der Waals surface area contributed by atoms with Gasteiger partial charge in [0, 0.05) is 25.4 Å². The first-order valence-electron chi connectivity index (χ1n) is 7.09. The zero-order valence-corrected chi connectivity index (χ0v) is 14.0. The normalized spacial score (nSPS) is 16.9. The van der Waals surface area contributed by atoms with E-state index in [9.17, 15) is 14.4 Å². The standard InChI is InChI=1S/C14H18N6O3S/c1-3-17-14(23)19-8-5-4-7(6-18-8)13-20(2)9(11(15)21)10(24-13)12(16)22/h4-6,13H,3H2,1-2H3,(H2,15,21)(H2,16,22)(H2,17,18,19,23). The molecule has 1 aliphatic heterocycles. The minimum Gasteiger partial charge on any atom is -0.365 e. The van der Waals surface area contributed by atoms with Crippen LogP contribution in [-0.4, -0.2) is 41.3 Å². The van der Waals surface area contributed by atoms with Crippen molar-refractivity contribution >= 4 is 35.4 Å². The molecular weight excluding hydrogens is 332 g/mol. The summed E-state index contributed by atoms with van der Waals surface area (Å²) in [6, 6.07) is 3.02. The van der Waals surface area contributed by atoms with Gasteiger partial charge in [0.05, 0.1) is 0 Å². The van der Waals surface area contributed by atoms with Gasteiger partial charge in [0.1, 0.15) is 21.8 Å². The largest absolute Gasteiger partial charge is 0.365 e. The van der Waals surface area contributed by atoms with Crippen LogP contribution in [0.15, 0.2) is 28.9 Å². The number of likely N-dealkylation sites (N-methyl/N-ethyl adjacent to an activating group) is 1. The Labute approximate surface area is 142 Å². The lowest BCUT2D eigenvalue weighted by molar-refractivity contribution is -0.117. The highest BCUT2D eigenvalue weighted by Gasteiger charge is 2.36. The Bertz CT molecular complexity index is 703. The van der Waals surface area contributed by atoms with E-state index in [0.29, 0.717) is 12.4 Å². The number of hydrogen-bond donors (Lipinski definition) is 4. The van der Waals surface area contributed by atoms with Gasteiger partial charge in [-0.15, -0.1) is 0 Å². The first-order valence-corrected chi connectivity index (χ1v) is 7.97. The third-order valence-electron chi connectivity index (χ3n) is 3.26. The molecule has 24 heavy (non-hydrogen) atoms. The number of hydrogen-bond acceptors (Lipinski definition) is 6. The molecule has 2 heterocycles. The van der Waals surface area contributed by atoms with Crippen molar-refractivity contribution in [3.05, 3.63) is 34.5 Å². The van der Waals surface area contributed by atoms with E-state index in [1.807, 2.05) is 6.92 Å². The van der Waals surface area contributed by atoms with E-state index >= 15 is 0 Å². The number of primary amides is 2. The van der Waals surface area contributed by atoms with E-state index in [4.69, 9.17) is 11.5 Å². The summed E-state index contributed by atoms with van der Waals surface area (Å²) in [5.74, 6) is -1.04. The van der Waals surface area contributed by atoms with E-state index < -0.39 is 11.8 Å². The molecule has 0 radical (unpaired) electrons. The fourth-order valence-electron chi connectivity index (χ4n) is 2.22. The minimum atomic E-state index is -0.719. The molecule has 0 saturated carbocycles. The van der Waals surface area contributed by atoms with Crippen LogP contribution >= 0.6 is 11.8 Å². The Hall–Kier alpha value is -2.75. The second-order valence-electron chi connectivity index (χ2n) is 4.95. The highest BCUT2D eigenvalue weighted by Crippen LogP contribution is 2.46. The zero-order valence-electron chi connectivity index (χ0n) is 13.2. The van der Waals surface area contributed by atoms with Crippen molar-refractivity contribution < 1.29 is 14.4 Å². The average molecular weight is 350 g/mol. The number of amides is 4. The van der Waals surface area contributed by atoms with Gasteiger partial charge < -0.3 is 21.7 Å². The number of carbonyl (C=O) groups is 3. The smallest absolute Gasteiger partial charge is 0.320 e. The van der Waals surface area contributed by atoms with Crippen molar-refractivity contribution in [3.63, 3.8) is 0 Å². The molecule has 2 rings (SSSR count). The Balaban J connectivity index is 2.17. The Morgan fingerprint density at radius 1 is 1.29 bits per heavy atom. The van der Waals surface area contributed by atoms with Crippen molar-refractivity contribution in [2.24, 2.45) is 11.5 Å². The van der Waals surface area contributed by atoms with Gasteiger partial charge in [-0.05, 0) is 13.0 Å². The van der Waals surface area contributed by atoms with Crippen molar-refractivity contribution in [2.75, 3.05) is 18.9 Å². The quantitative estimate of drug-likeness (QED) is 0.592. The van der Waals surface area contributed by atoms with E-state index in [1.54, 1.807) is 30.3 Å². The van der Waals surface area contributed by atoms with Crippen LogP contribution in [0.4, 0.5) is 10.6 Å². The van der Waals surface area contributed by atoms with Gasteiger partial charge in [-0.1, -0.05) is 17.8 Å². The number of nitrogens with one attached hydrogen (secondary N) is 2. The number of pyridine rings is 1. The van der Waals surface area contributed by atoms with Crippen molar-refractivity contribution in [3.8, 4) is 0 Å². The van der Waals surface area contributed by atoms with Crippen molar-refractivity contribution in [1.29, 1.82) is 0 Å². The third-order valence-corrected chi connectivity index (χ3v) is 4.70. The molecule has 0 saturated heterocycles. The maximum absolute atomic E-state index is 11.6. The fourth-order valence-corrected chi connectivity index (χ4v) is 3.46. The van der Waals surface area contributed by atoms with Gasteiger partial charge in [0.2, 0.25) is 0 Å². The van der Waals surface area contributed by atoms with Gasteiger partial charge in [-0.3, -0.25) is 14.9 Å². The summed E-state index contributed by atoms with van der Waals surface area (Å²) in [6.07, 6.45) is 1.55. The molecule has 1 aliphatic rings. The molecule has 0 spiro atoms. The molecule has 10 heteroatoms. The third kappa shape index (κ3) is 3.59. The predicted octanol–water partition coefficient (Wildman–Crippen LogP) is 0.0824. The lowest BCUT2D eigenvalue weighted by Gasteiger charge is -2.22. The van der Waals surface area contributed by atoms with Gasteiger partial charge in [-0.2, -0.15) is 0 Å². The van der Waals surface area contributed by atoms with Crippen LogP contribution in [0.2, 0.25) is 0 Å². The summed E-state index contributed by atoms with van der Waals surface area (Å²) >= 11 is 1.13. The lowest BCUT2D eigenvalue weighted by Crippen LogP contribution is -2.29. The SMILES string of the molecule is CCNC(=O)Nc1ccc(C2SC(C(N)=O)=C(C(N)=O)N2C)cn1. The molecule has 1 atom stereocenters. The predicted molar refractivity (Wildman–Crippen MR) is 90.4 cm³/mol. The summed E-state index contributed by atoms with van der Waals surface area (Å²) in [5, 5.41) is 4.82. The first kappa shape index (κ1) is 17.6. The molecule has 0 aliphatic carbocycles. The molecule has 1 aromatic rings. The highest BCUT2D eigenvalue weighted by atomic mass is 32.2. The Morgan fingerprint density at radius 3 is 2.46 bits per heavy atom. The summed E-state index contributed by atoms with van der Waals surface area (Å²) in [6.45, 7) is 2.31. The van der Waals surface area contributed by atoms with E-state index in [1.165, 1.54) is 0 Å². The number of rotatable bonds is 5. The van der Waals surface area contributed by atoms with E-state index in [2.05, 4.69) is 15.6 Å². The van der Waals surface area contributed by atoms with Gasteiger partial charge in [0.15, 0.2) is 0 Å². The maximum Gasteiger partial charge on any atom is 0.320 e. The second-order valence-corrected chi connectivity index (χ2v) is 6.04. The number of nitrogens with two attached hydrogens (primary N) is 2. The number of carbonyl (C=O) groups excluding carboxylic acids is 3. The van der Waals surface area contributed by atoms with Crippen LogP contribution in [0.3, 0.4) is 0 Å². The van der Waals surface area contributed by atoms with Crippen LogP contribution < -0.4 is 22.1 Å². The van der Waals surface area contributed by atoms with E-state index in [0.717, 1.165) is 17.3 Å². The van der Waals surface area contributed by atoms with Gasteiger partial charge in [0.25, 0.3) is 11.8 Å². The van der Waals surface area contributed by atoms with Gasteiger partial charge in [-0.25, -0.2) is 9.78 Å². The molecule has 0 aromatic carbocycles. The number of thioether (sulfide) groups is 1. The van der Waals surface area contributed by atoms with E-state index in [-0.39, 0.29) is 22.0 Å². The Kier molecular flexibility index (Phi) is 5.29. The van der Waals surface area contributed by atoms with Crippen LogP contribution in [-0.2, 0) is 9.59 Å². The monoisotopic (exact) mass is 350 g/mol. The summed E-state index contributed by atoms with van der Waals surface area (Å²) in [5.41, 5.74) is 11.5. The van der Waals surface area contributed by atoms with Gasteiger partial charge >= 0.3 is 6.03 Å². The molecule has 1 unspecified atom stereocenters. The number of aromatic nitrogens is 1. The summed E-state index contributed by atoms with van der Waals surface area (Å²) in [7, 11) is 1.65. The van der Waals surface area contributed by atoms with Crippen molar-refractivity contribution in [1.82, 2.24) is 15.2 Å². The molecular formula is C14H18N6O3S. The summed E-state index contributed by atoms with van der Waals surface area (Å²) < 4.78 is 0. The molecule has 128 valence electrons.